The van der Waals surface area contributed by atoms with Crippen molar-refractivity contribution in [3.8, 4) is 11.5 Å². The molecule has 0 bridgehead atoms. The van der Waals surface area contributed by atoms with Gasteiger partial charge in [-0.15, -0.1) is 0 Å². The minimum atomic E-state index is -0.981. The minimum absolute atomic E-state index is 0.0704. The number of hydrogen-bond acceptors (Lipinski definition) is 19. The summed E-state index contributed by atoms with van der Waals surface area (Å²) < 4.78 is 22.3. The van der Waals surface area contributed by atoms with E-state index in [1.54, 1.807) is 73.2 Å². The Balaban J connectivity index is 0.000000281. The highest BCUT2D eigenvalue weighted by atomic mass is 16.6. The molecular formula is C54H78N12O10. The van der Waals surface area contributed by atoms with Crippen molar-refractivity contribution in [3.05, 3.63) is 82.2 Å². The first-order chi connectivity index (χ1) is 36.1. The maximum Gasteiger partial charge on any atom is 0.415 e. The van der Waals surface area contributed by atoms with Gasteiger partial charge in [0.1, 0.15) is 41.0 Å². The molecule has 2 aliphatic heterocycles. The van der Waals surface area contributed by atoms with Crippen LogP contribution in [0.1, 0.15) is 113 Å². The van der Waals surface area contributed by atoms with Crippen molar-refractivity contribution in [2.45, 2.75) is 138 Å². The zero-order valence-corrected chi connectivity index (χ0v) is 46.1. The highest BCUT2D eigenvalue weighted by Crippen LogP contribution is 2.28. The van der Waals surface area contributed by atoms with Crippen LogP contribution in [0.15, 0.2) is 60.9 Å². The number of carbonyl (C=O) groups excluding carboxylic acids is 4. The van der Waals surface area contributed by atoms with Crippen molar-refractivity contribution < 1.29 is 43.0 Å². The Kier molecular flexibility index (Phi) is 21.8. The zero-order chi connectivity index (χ0) is 55.6. The fraction of sp³-hybridized carbons (Fsp3) is 0.556. The Bertz CT molecular complexity index is 2530. The molecule has 3 N–H and O–H groups in total. The van der Waals surface area contributed by atoms with Crippen LogP contribution in [0.5, 0.6) is 11.5 Å². The van der Waals surface area contributed by atoms with Crippen molar-refractivity contribution in [1.29, 1.82) is 0 Å². The number of rotatable bonds is 21. The maximum atomic E-state index is 13.3. The molecule has 4 aromatic rings. The summed E-state index contributed by atoms with van der Waals surface area (Å²) in [5.41, 5.74) is 0.564. The number of likely N-dealkylation sites (tertiary alicyclic amines) is 2. The van der Waals surface area contributed by atoms with Crippen molar-refractivity contribution >= 4 is 59.0 Å². The van der Waals surface area contributed by atoms with E-state index >= 15 is 0 Å². The topological polar surface area (TPSA) is 249 Å². The summed E-state index contributed by atoms with van der Waals surface area (Å²) in [4.78, 5) is 87.2. The first-order valence-electron chi connectivity index (χ1n) is 26.4. The van der Waals surface area contributed by atoms with E-state index in [9.17, 15) is 29.3 Å². The second kappa shape index (κ2) is 27.9. The van der Waals surface area contributed by atoms with E-state index in [4.69, 9.17) is 23.9 Å². The second-order valence-corrected chi connectivity index (χ2v) is 20.2. The number of nitrogens with one attached hydrogen (secondary N) is 3. The largest absolute Gasteiger partial charge is 0.458 e. The Morgan fingerprint density at radius 3 is 1.37 bits per heavy atom. The van der Waals surface area contributed by atoms with E-state index in [1.165, 1.54) is 0 Å². The summed E-state index contributed by atoms with van der Waals surface area (Å²) in [5, 5.41) is 21.3. The van der Waals surface area contributed by atoms with Gasteiger partial charge in [0.25, 0.3) is 0 Å². The Labute approximate surface area is 446 Å². The minimum Gasteiger partial charge on any atom is -0.458 e. The number of esters is 2. The van der Waals surface area contributed by atoms with Crippen LogP contribution >= 0.6 is 0 Å². The molecule has 22 heteroatoms. The standard InChI is InChI=1S/C28H42N6O4.C26H36N6O6/c1-7-29-23-19-30-26(33(8-2)9-3)32-24(23)31-22(25(35)38-28(4,5)6)18-20-12-14-21(15-13-20)37-27(36)34-16-10-11-17-34;1-6-30(7-2)24-27-17-21(32(35)36)22(29-24)28-20(23(33)38-26(3,4)5)16-18-10-12-19(13-11-18)37-25(34)31-14-8-9-15-31/h12-15,19,22,29H,7-11,16-18H2,1-6H3,(H,30,31,32);10-13,17,20H,6-9,14-16H2,1-5H3,(H,27,28,29)/t22-;20-/m00/s1. The fourth-order valence-corrected chi connectivity index (χ4v) is 8.18. The average Bonchev–Trinajstić information content (AvgIpc) is 4.13. The number of aromatic nitrogens is 4. The number of amides is 2. The molecule has 2 atom stereocenters. The summed E-state index contributed by atoms with van der Waals surface area (Å²) in [5.74, 6) is 1.27. The lowest BCUT2D eigenvalue weighted by Gasteiger charge is -2.26. The molecule has 0 saturated carbocycles. The summed E-state index contributed by atoms with van der Waals surface area (Å²) in [7, 11) is 0. The smallest absolute Gasteiger partial charge is 0.415 e. The van der Waals surface area contributed by atoms with Gasteiger partial charge in [-0.1, -0.05) is 24.3 Å². The molecule has 0 unspecified atom stereocenters. The van der Waals surface area contributed by atoms with Crippen LogP contribution < -0.4 is 35.2 Å². The number of nitrogens with zero attached hydrogens (tertiary/aromatic N) is 9. The second-order valence-electron chi connectivity index (χ2n) is 20.2. The van der Waals surface area contributed by atoms with Crippen molar-refractivity contribution in [1.82, 2.24) is 29.7 Å². The molecule has 2 amide bonds. The maximum absolute atomic E-state index is 13.3. The monoisotopic (exact) mass is 1050 g/mol. The van der Waals surface area contributed by atoms with Gasteiger partial charge < -0.3 is 54.5 Å². The van der Waals surface area contributed by atoms with Crippen LogP contribution in [-0.4, -0.2) is 141 Å². The molecule has 4 heterocycles. The molecule has 2 aromatic carbocycles. The molecule has 0 aliphatic carbocycles. The van der Waals surface area contributed by atoms with E-state index in [2.05, 4.69) is 30.9 Å². The predicted octanol–water partition coefficient (Wildman–Crippen LogP) is 8.90. The number of carbonyl (C=O) groups is 4. The highest BCUT2D eigenvalue weighted by molar-refractivity contribution is 5.82. The third kappa shape index (κ3) is 18.1. The van der Waals surface area contributed by atoms with Gasteiger partial charge in [0.05, 0.1) is 16.8 Å². The van der Waals surface area contributed by atoms with E-state index < -0.39 is 34.2 Å². The molecule has 2 aromatic heterocycles. The number of nitro groups is 1. The van der Waals surface area contributed by atoms with Crippen molar-refractivity contribution in [2.75, 3.05) is 84.7 Å². The lowest BCUT2D eigenvalue weighted by molar-refractivity contribution is -0.384. The molecule has 2 fully saturated rings. The van der Waals surface area contributed by atoms with Gasteiger partial charge in [0.15, 0.2) is 5.82 Å². The van der Waals surface area contributed by atoms with Crippen LogP contribution in [0, 0.1) is 10.1 Å². The van der Waals surface area contributed by atoms with E-state index in [1.807, 2.05) is 77.3 Å². The summed E-state index contributed by atoms with van der Waals surface area (Å²) in [6.07, 6.45) is 6.61. The predicted molar refractivity (Wildman–Crippen MR) is 292 cm³/mol. The third-order valence-corrected chi connectivity index (χ3v) is 12.1. The first-order valence-corrected chi connectivity index (χ1v) is 26.4. The van der Waals surface area contributed by atoms with Gasteiger partial charge in [-0.05, 0) is 137 Å². The molecular weight excluding hydrogens is 977 g/mol. The van der Waals surface area contributed by atoms with E-state index in [0.29, 0.717) is 74.0 Å². The van der Waals surface area contributed by atoms with Crippen LogP contribution in [0.3, 0.4) is 0 Å². The number of hydrogen-bond donors (Lipinski definition) is 3. The molecule has 6 rings (SSSR count). The average molecular weight is 1060 g/mol. The molecule has 22 nitrogen and oxygen atoms in total. The van der Waals surface area contributed by atoms with Crippen LogP contribution in [0.2, 0.25) is 0 Å². The normalized spacial score (nSPS) is 14.1. The van der Waals surface area contributed by atoms with Crippen molar-refractivity contribution in [2.24, 2.45) is 0 Å². The van der Waals surface area contributed by atoms with Gasteiger partial charge in [0, 0.05) is 71.7 Å². The SMILES string of the molecule is CCN(CC)c1ncc([N+](=O)[O-])c(N[C@@H](Cc2ccc(OC(=O)N3CCCC3)cc2)C(=O)OC(C)(C)C)n1.CCNc1cnc(N(CC)CC)nc1N[C@@H](Cc1ccc(OC(=O)N2CCCC2)cc1)C(=O)OC(C)(C)C. The van der Waals surface area contributed by atoms with Gasteiger partial charge in [0.2, 0.25) is 17.7 Å². The van der Waals surface area contributed by atoms with Crippen LogP contribution in [0.25, 0.3) is 0 Å². The highest BCUT2D eigenvalue weighted by Gasteiger charge is 2.31. The van der Waals surface area contributed by atoms with E-state index in [-0.39, 0.29) is 36.1 Å². The molecule has 0 radical (unpaired) electrons. The van der Waals surface area contributed by atoms with Crippen LogP contribution in [-0.2, 0) is 31.9 Å². The Morgan fingerprint density at radius 2 is 1.00 bits per heavy atom. The van der Waals surface area contributed by atoms with Gasteiger partial charge in [-0.25, -0.2) is 29.1 Å². The first kappa shape index (κ1) is 59.4. The Morgan fingerprint density at radius 1 is 0.618 bits per heavy atom. The fourth-order valence-electron chi connectivity index (χ4n) is 8.18. The molecule has 0 spiro atoms. The van der Waals surface area contributed by atoms with Gasteiger partial charge >= 0.3 is 29.8 Å². The summed E-state index contributed by atoms with van der Waals surface area (Å²) in [6.45, 7) is 27.0. The molecule has 2 aliphatic rings. The van der Waals surface area contributed by atoms with Crippen molar-refractivity contribution in [3.63, 3.8) is 0 Å². The lowest BCUT2D eigenvalue weighted by Crippen LogP contribution is -2.38. The molecule has 76 heavy (non-hydrogen) atoms. The van der Waals surface area contributed by atoms with Gasteiger partial charge in [-0.2, -0.15) is 9.97 Å². The van der Waals surface area contributed by atoms with Gasteiger partial charge in [-0.3, -0.25) is 10.1 Å². The quantitative estimate of drug-likeness (QED) is 0.0400. The molecule has 414 valence electrons. The number of anilines is 5. The summed E-state index contributed by atoms with van der Waals surface area (Å²) >= 11 is 0. The number of benzene rings is 2. The Hall–Kier alpha value is -7.52. The third-order valence-electron chi connectivity index (χ3n) is 12.1. The summed E-state index contributed by atoms with van der Waals surface area (Å²) in [6, 6.07) is 12.3. The number of ether oxygens (including phenoxy) is 4. The van der Waals surface area contributed by atoms with Crippen LogP contribution in [0.4, 0.5) is 44.5 Å². The zero-order valence-electron chi connectivity index (χ0n) is 46.1. The molecule has 2 saturated heterocycles. The van der Waals surface area contributed by atoms with E-state index in [0.717, 1.165) is 69.2 Å². The lowest BCUT2D eigenvalue weighted by atomic mass is 10.0.